The van der Waals surface area contributed by atoms with Gasteiger partial charge in [0.1, 0.15) is 11.9 Å². The van der Waals surface area contributed by atoms with Crippen molar-refractivity contribution in [1.82, 2.24) is 15.1 Å². The summed E-state index contributed by atoms with van der Waals surface area (Å²) in [6.45, 7) is 7.79. The van der Waals surface area contributed by atoms with Gasteiger partial charge >= 0.3 is 6.03 Å². The van der Waals surface area contributed by atoms with Gasteiger partial charge < -0.3 is 25.0 Å². The number of nitrogens with one attached hydrogen (secondary N) is 2. The lowest BCUT2D eigenvalue weighted by Crippen LogP contribution is -2.49. The molecule has 3 rings (SSSR count). The monoisotopic (exact) mass is 580 g/mol. The Labute approximate surface area is 235 Å². The molecule has 0 unspecified atom stereocenters. The molecule has 39 heavy (non-hydrogen) atoms. The number of carbonyl (C=O) groups is 2. The zero-order valence-electron chi connectivity index (χ0n) is 22.8. The predicted molar refractivity (Wildman–Crippen MR) is 151 cm³/mol. The highest BCUT2D eigenvalue weighted by molar-refractivity contribution is 7.92. The first-order chi connectivity index (χ1) is 18.3. The van der Waals surface area contributed by atoms with Crippen LogP contribution < -0.4 is 14.8 Å². The fourth-order valence-corrected chi connectivity index (χ4v) is 5.42. The Hall–Kier alpha value is -3.02. The highest BCUT2D eigenvalue weighted by atomic mass is 35.5. The van der Waals surface area contributed by atoms with E-state index < -0.39 is 22.2 Å². The van der Waals surface area contributed by atoms with Crippen LogP contribution in [-0.4, -0.2) is 80.2 Å². The number of benzene rings is 2. The summed E-state index contributed by atoms with van der Waals surface area (Å²) >= 11 is 5.89. The normalized spacial score (nSPS) is 18.8. The van der Waals surface area contributed by atoms with Crippen molar-refractivity contribution >= 4 is 39.2 Å². The molecule has 0 spiro atoms. The number of ether oxygens (including phenoxy) is 1. The second kappa shape index (κ2) is 12.9. The molecule has 0 saturated heterocycles. The van der Waals surface area contributed by atoms with Crippen LogP contribution in [0.1, 0.15) is 33.3 Å². The second-order valence-electron chi connectivity index (χ2n) is 10.3. The highest BCUT2D eigenvalue weighted by Crippen LogP contribution is 2.30. The van der Waals surface area contributed by atoms with Crippen molar-refractivity contribution in [2.75, 3.05) is 31.5 Å². The van der Waals surface area contributed by atoms with Crippen molar-refractivity contribution in [3.05, 3.63) is 53.1 Å². The van der Waals surface area contributed by atoms with E-state index in [1.165, 1.54) is 29.2 Å². The van der Waals surface area contributed by atoms with Crippen LogP contribution in [0.25, 0.3) is 0 Å². The molecule has 1 heterocycles. The van der Waals surface area contributed by atoms with Crippen molar-refractivity contribution in [3.63, 3.8) is 0 Å². The molecule has 2 aromatic carbocycles. The fraction of sp³-hybridized carbons (Fsp3) is 0.481. The number of urea groups is 1. The molecule has 0 aromatic heterocycles. The van der Waals surface area contributed by atoms with E-state index in [9.17, 15) is 23.1 Å². The van der Waals surface area contributed by atoms with Crippen LogP contribution >= 0.6 is 11.6 Å². The van der Waals surface area contributed by atoms with E-state index in [1.54, 1.807) is 37.1 Å². The maximum absolute atomic E-state index is 13.4. The van der Waals surface area contributed by atoms with Gasteiger partial charge in [-0.2, -0.15) is 0 Å². The van der Waals surface area contributed by atoms with Gasteiger partial charge in [0.05, 0.1) is 30.5 Å². The number of anilines is 1. The number of likely N-dealkylation sites (N-methyl/N-ethyl adjacent to an activating group) is 1. The van der Waals surface area contributed by atoms with E-state index in [4.69, 9.17) is 16.3 Å². The maximum atomic E-state index is 13.4. The number of carbonyl (C=O) groups excluding carboxylic acids is 2. The van der Waals surface area contributed by atoms with Gasteiger partial charge in [-0.25, -0.2) is 13.2 Å². The Morgan fingerprint density at radius 2 is 1.87 bits per heavy atom. The summed E-state index contributed by atoms with van der Waals surface area (Å²) in [5.41, 5.74) is 0.749. The third-order valence-electron chi connectivity index (χ3n) is 6.51. The van der Waals surface area contributed by atoms with E-state index >= 15 is 0 Å². The number of hydrogen-bond acceptors (Lipinski definition) is 6. The molecule has 1 aliphatic heterocycles. The van der Waals surface area contributed by atoms with Crippen molar-refractivity contribution in [1.29, 1.82) is 0 Å². The van der Waals surface area contributed by atoms with Gasteiger partial charge in [-0.1, -0.05) is 18.5 Å². The molecule has 214 valence electrons. The van der Waals surface area contributed by atoms with Crippen LogP contribution in [-0.2, 0) is 21.2 Å². The molecule has 3 N–H and O–H groups in total. The molecular formula is C27H37ClN4O6S. The molecule has 3 atom stereocenters. The lowest BCUT2D eigenvalue weighted by Gasteiger charge is -2.34. The average Bonchev–Trinajstić information content (AvgIpc) is 2.91. The van der Waals surface area contributed by atoms with Crippen LogP contribution in [0.2, 0.25) is 5.02 Å². The van der Waals surface area contributed by atoms with Crippen molar-refractivity contribution in [3.8, 4) is 5.75 Å². The molecule has 0 bridgehead atoms. The Bertz CT molecular complexity index is 1270. The van der Waals surface area contributed by atoms with Gasteiger partial charge in [0.25, 0.3) is 10.0 Å². The SMILES string of the molecule is CC(C)NC(=O)N(C)C[C@H]1Oc2ccc(NS(=O)(=O)c3ccc(Cl)cc3)cc2CC(=O)N([C@@H](C)CO)C[C@H]1C. The van der Waals surface area contributed by atoms with Gasteiger partial charge in [-0.15, -0.1) is 0 Å². The Morgan fingerprint density at radius 1 is 1.21 bits per heavy atom. The zero-order valence-corrected chi connectivity index (χ0v) is 24.4. The fourth-order valence-electron chi connectivity index (χ4n) is 4.25. The standard InChI is InChI=1S/C27H37ClN4O6S/c1-17(2)29-27(35)31(5)15-25-18(3)14-32(19(4)16-33)26(34)13-20-12-22(8-11-24(20)38-25)30-39(36,37)23-9-6-21(28)7-10-23/h6-12,17-19,25,30,33H,13-16H2,1-5H3,(H,29,35)/t18-,19+,25-/m1/s1. The number of hydrogen-bond donors (Lipinski definition) is 3. The van der Waals surface area contributed by atoms with Gasteiger partial charge in [0.2, 0.25) is 5.91 Å². The van der Waals surface area contributed by atoms with Crippen molar-refractivity contribution in [2.45, 2.75) is 57.2 Å². The lowest BCUT2D eigenvalue weighted by molar-refractivity contribution is -0.134. The van der Waals surface area contributed by atoms with E-state index in [0.717, 1.165) is 0 Å². The van der Waals surface area contributed by atoms with Crippen LogP contribution in [0.5, 0.6) is 5.75 Å². The first kappa shape index (κ1) is 30.5. The van der Waals surface area contributed by atoms with E-state index in [0.29, 0.717) is 22.9 Å². The Balaban J connectivity index is 1.95. The van der Waals surface area contributed by atoms with Crippen LogP contribution in [0.3, 0.4) is 0 Å². The lowest BCUT2D eigenvalue weighted by atomic mass is 10.0. The summed E-state index contributed by atoms with van der Waals surface area (Å²) in [7, 11) is -2.23. The number of fused-ring (bicyclic) bond motifs is 1. The molecule has 3 amide bonds. The first-order valence-corrected chi connectivity index (χ1v) is 14.7. The van der Waals surface area contributed by atoms with Gasteiger partial charge in [0.15, 0.2) is 0 Å². The molecule has 0 radical (unpaired) electrons. The molecule has 2 aromatic rings. The summed E-state index contributed by atoms with van der Waals surface area (Å²) in [5, 5.41) is 13.1. The third kappa shape index (κ3) is 8.00. The number of sulfonamides is 1. The largest absolute Gasteiger partial charge is 0.488 e. The number of halogens is 1. The number of aliphatic hydroxyl groups excluding tert-OH is 1. The molecule has 10 nitrogen and oxygen atoms in total. The van der Waals surface area contributed by atoms with Crippen LogP contribution in [0.4, 0.5) is 10.5 Å². The number of amides is 3. The minimum Gasteiger partial charge on any atom is -0.488 e. The van der Waals surface area contributed by atoms with E-state index in [2.05, 4.69) is 10.0 Å². The summed E-state index contributed by atoms with van der Waals surface area (Å²) in [4.78, 5) is 29.1. The summed E-state index contributed by atoms with van der Waals surface area (Å²) < 4.78 is 34.8. The molecule has 0 saturated carbocycles. The highest BCUT2D eigenvalue weighted by Gasteiger charge is 2.32. The molecule has 1 aliphatic rings. The summed E-state index contributed by atoms with van der Waals surface area (Å²) in [6, 6.07) is 9.84. The van der Waals surface area contributed by atoms with Gasteiger partial charge in [-0.05, 0) is 63.2 Å². The zero-order chi connectivity index (χ0) is 28.9. The minimum atomic E-state index is -3.91. The number of aliphatic hydroxyl groups is 1. The third-order valence-corrected chi connectivity index (χ3v) is 8.15. The smallest absolute Gasteiger partial charge is 0.317 e. The van der Waals surface area contributed by atoms with Crippen LogP contribution in [0, 0.1) is 5.92 Å². The molecule has 12 heteroatoms. The maximum Gasteiger partial charge on any atom is 0.317 e. The Morgan fingerprint density at radius 3 is 2.49 bits per heavy atom. The molecule has 0 fully saturated rings. The quantitative estimate of drug-likeness (QED) is 0.439. The van der Waals surface area contributed by atoms with Crippen molar-refractivity contribution < 1.29 is 27.9 Å². The summed E-state index contributed by atoms with van der Waals surface area (Å²) in [5.74, 6) is 0.00890. The van der Waals surface area contributed by atoms with E-state index in [1.807, 2.05) is 20.8 Å². The van der Waals surface area contributed by atoms with Gasteiger partial charge in [0, 0.05) is 41.8 Å². The predicted octanol–water partition coefficient (Wildman–Crippen LogP) is 3.34. The first-order valence-electron chi connectivity index (χ1n) is 12.8. The molecular weight excluding hydrogens is 544 g/mol. The van der Waals surface area contributed by atoms with Crippen LogP contribution in [0.15, 0.2) is 47.4 Å². The number of nitrogens with zero attached hydrogens (tertiary/aromatic N) is 2. The minimum absolute atomic E-state index is 0.0341. The average molecular weight is 581 g/mol. The second-order valence-corrected chi connectivity index (χ2v) is 12.4. The number of rotatable bonds is 8. The molecule has 0 aliphatic carbocycles. The Kier molecular flexibility index (Phi) is 10.1. The van der Waals surface area contributed by atoms with Crippen molar-refractivity contribution in [2.24, 2.45) is 5.92 Å². The van der Waals surface area contributed by atoms with Gasteiger partial charge in [-0.3, -0.25) is 9.52 Å². The summed E-state index contributed by atoms with van der Waals surface area (Å²) in [6.07, 6.45) is -0.540. The van der Waals surface area contributed by atoms with E-state index in [-0.39, 0.29) is 54.1 Å². The topological polar surface area (TPSA) is 128 Å².